The highest BCUT2D eigenvalue weighted by Gasteiger charge is 2.31. The molecule has 1 N–H and O–H groups in total. The Balaban J connectivity index is 1.63. The van der Waals surface area contributed by atoms with Gasteiger partial charge in [-0.2, -0.15) is 0 Å². The van der Waals surface area contributed by atoms with E-state index in [9.17, 15) is 9.36 Å². The summed E-state index contributed by atoms with van der Waals surface area (Å²) in [5, 5.41) is 0.557. The molecule has 4 aromatic rings. The van der Waals surface area contributed by atoms with E-state index >= 15 is 4.39 Å². The first-order valence-electron chi connectivity index (χ1n) is 10.9. The maximum absolute atomic E-state index is 15.1. The molecule has 11 heteroatoms. The Morgan fingerprint density at radius 1 is 1.21 bits per heavy atom. The zero-order valence-corrected chi connectivity index (χ0v) is 19.7. The second kappa shape index (κ2) is 8.54. The maximum atomic E-state index is 15.1. The number of nitrogens with zero attached hydrogens (tertiary/aromatic N) is 2. The summed E-state index contributed by atoms with van der Waals surface area (Å²) in [6.45, 7) is 5.43. The van der Waals surface area contributed by atoms with Crippen molar-refractivity contribution in [1.29, 1.82) is 0 Å². The van der Waals surface area contributed by atoms with Crippen LogP contribution < -0.4 is 20.5 Å². The maximum Gasteiger partial charge on any atom is 0.364 e. The van der Waals surface area contributed by atoms with E-state index in [1.807, 2.05) is 6.07 Å². The van der Waals surface area contributed by atoms with Crippen LogP contribution in [0.4, 0.5) is 4.39 Å². The molecule has 0 radical (unpaired) electrons. The Labute approximate surface area is 194 Å². The first-order chi connectivity index (χ1) is 16.4. The van der Waals surface area contributed by atoms with Crippen LogP contribution in [0.2, 0.25) is 0 Å². The highest BCUT2D eigenvalue weighted by molar-refractivity contribution is 7.62. The number of fused-ring (bicyclic) bond motifs is 5. The minimum atomic E-state index is -3.79. The molecule has 0 saturated carbocycles. The van der Waals surface area contributed by atoms with Crippen molar-refractivity contribution in [2.75, 3.05) is 20.0 Å². The average molecular weight is 487 g/mol. The number of hydrogen-bond acceptors (Lipinski definition) is 7. The fraction of sp³-hybridized carbons (Fsp3) is 0.304. The van der Waals surface area contributed by atoms with E-state index in [2.05, 4.69) is 9.97 Å². The van der Waals surface area contributed by atoms with Crippen molar-refractivity contribution in [2.45, 2.75) is 26.8 Å². The number of ether oxygens (including phenoxy) is 2. The van der Waals surface area contributed by atoms with Crippen LogP contribution in [-0.2, 0) is 13.6 Å². The first-order valence-corrected chi connectivity index (χ1v) is 12.4. The number of imidazole rings is 1. The molecule has 0 fully saturated rings. The third-order valence-corrected chi connectivity index (χ3v) is 7.93. The average Bonchev–Trinajstić information content (AvgIpc) is 3.42. The number of aromatic amines is 1. The Bertz CT molecular complexity index is 1500. The van der Waals surface area contributed by atoms with Gasteiger partial charge in [0.2, 0.25) is 6.79 Å². The van der Waals surface area contributed by atoms with Gasteiger partial charge in [-0.15, -0.1) is 0 Å². The molecule has 1 aliphatic heterocycles. The number of pyridine rings is 1. The predicted molar refractivity (Wildman–Crippen MR) is 125 cm³/mol. The topological polar surface area (TPSA) is 105 Å². The molecule has 0 bridgehead atoms. The van der Waals surface area contributed by atoms with Crippen molar-refractivity contribution in [2.24, 2.45) is 0 Å². The molecule has 0 saturated heterocycles. The predicted octanol–water partition coefficient (Wildman–Crippen LogP) is 4.25. The minimum absolute atomic E-state index is 0.101. The molecule has 2 aromatic heterocycles. The van der Waals surface area contributed by atoms with Crippen molar-refractivity contribution in [3.05, 3.63) is 58.4 Å². The zero-order valence-electron chi connectivity index (χ0n) is 18.8. The summed E-state index contributed by atoms with van der Waals surface area (Å²) in [5.74, 6) is 0.380. The van der Waals surface area contributed by atoms with Crippen LogP contribution in [0, 0.1) is 5.82 Å². The van der Waals surface area contributed by atoms with Crippen molar-refractivity contribution in [3.8, 4) is 11.5 Å². The number of rotatable bonds is 7. The fourth-order valence-electron chi connectivity index (χ4n) is 4.28. The molecular formula is C23H23FN3O6P. The molecule has 1 atom stereocenters. The second-order valence-corrected chi connectivity index (χ2v) is 9.73. The molecule has 1 aliphatic rings. The van der Waals surface area contributed by atoms with E-state index in [0.717, 1.165) is 0 Å². The summed E-state index contributed by atoms with van der Waals surface area (Å²) >= 11 is 0. The molecule has 178 valence electrons. The molecule has 0 aliphatic carbocycles. The van der Waals surface area contributed by atoms with Gasteiger partial charge in [-0.1, -0.05) is 6.07 Å². The molecule has 5 rings (SSSR count). The van der Waals surface area contributed by atoms with Gasteiger partial charge in [0.1, 0.15) is 11.3 Å². The number of aromatic nitrogens is 3. The number of benzene rings is 2. The van der Waals surface area contributed by atoms with Gasteiger partial charge >= 0.3 is 13.3 Å². The largest absolute Gasteiger partial charge is 0.454 e. The molecule has 2 aromatic carbocycles. The van der Waals surface area contributed by atoms with E-state index < -0.39 is 19.5 Å². The summed E-state index contributed by atoms with van der Waals surface area (Å²) in [6.07, 6.45) is 1.56. The van der Waals surface area contributed by atoms with Gasteiger partial charge in [0, 0.05) is 5.39 Å². The van der Waals surface area contributed by atoms with Crippen molar-refractivity contribution in [3.63, 3.8) is 0 Å². The molecular weight excluding hydrogens is 464 g/mol. The Hall–Kier alpha value is -3.20. The van der Waals surface area contributed by atoms with Crippen molar-refractivity contribution < 1.29 is 27.5 Å². The molecule has 0 amide bonds. The van der Waals surface area contributed by atoms with Crippen LogP contribution >= 0.6 is 7.60 Å². The van der Waals surface area contributed by atoms with Crippen molar-refractivity contribution >= 4 is 34.8 Å². The van der Waals surface area contributed by atoms with Crippen LogP contribution in [0.3, 0.4) is 0 Å². The highest BCUT2D eigenvalue weighted by atomic mass is 31.2. The van der Waals surface area contributed by atoms with Crippen LogP contribution in [0.5, 0.6) is 11.5 Å². The Kier molecular flexibility index (Phi) is 5.67. The number of nitrogens with one attached hydrogen (secondary N) is 1. The lowest BCUT2D eigenvalue weighted by Crippen LogP contribution is -2.22. The third-order valence-electron chi connectivity index (χ3n) is 5.78. The molecule has 0 spiro atoms. The van der Waals surface area contributed by atoms with Gasteiger partial charge in [-0.05, 0) is 50.6 Å². The van der Waals surface area contributed by atoms with E-state index in [4.69, 9.17) is 18.5 Å². The van der Waals surface area contributed by atoms with Crippen LogP contribution in [0.15, 0.2) is 41.3 Å². The van der Waals surface area contributed by atoms with Crippen molar-refractivity contribution in [1.82, 2.24) is 14.5 Å². The van der Waals surface area contributed by atoms with Gasteiger partial charge in [0.05, 0.1) is 41.8 Å². The van der Waals surface area contributed by atoms with Crippen LogP contribution in [0.25, 0.3) is 21.9 Å². The quantitative estimate of drug-likeness (QED) is 0.389. The van der Waals surface area contributed by atoms with E-state index in [1.54, 1.807) is 43.7 Å². The van der Waals surface area contributed by atoms with Gasteiger partial charge in [0.15, 0.2) is 11.5 Å². The first kappa shape index (κ1) is 22.6. The normalized spacial score (nSPS) is 14.2. The summed E-state index contributed by atoms with van der Waals surface area (Å²) in [7, 11) is -3.79. The van der Waals surface area contributed by atoms with E-state index in [1.165, 1.54) is 12.1 Å². The smallest absolute Gasteiger partial charge is 0.364 e. The van der Waals surface area contributed by atoms with Gasteiger partial charge in [-0.3, -0.25) is 9.13 Å². The zero-order chi connectivity index (χ0) is 24.0. The molecule has 9 nitrogen and oxygen atoms in total. The third kappa shape index (κ3) is 3.50. The van der Waals surface area contributed by atoms with E-state index in [0.29, 0.717) is 39.0 Å². The Morgan fingerprint density at radius 2 is 1.97 bits per heavy atom. The SMILES string of the molecule is CCOP(=O)(OCC)c1ccc(C(C)n2c(=O)[nH]c3cnc4c5c(ccc4c32)OCO5)cc1F. The lowest BCUT2D eigenvalue weighted by Gasteiger charge is -2.20. The van der Waals surface area contributed by atoms with Gasteiger partial charge in [0.25, 0.3) is 0 Å². The summed E-state index contributed by atoms with van der Waals surface area (Å²) in [6, 6.07) is 7.31. The highest BCUT2D eigenvalue weighted by Crippen LogP contribution is 2.47. The lowest BCUT2D eigenvalue weighted by molar-refractivity contribution is 0.174. The molecule has 1 unspecified atom stereocenters. The summed E-state index contributed by atoms with van der Waals surface area (Å²) in [4.78, 5) is 20.2. The minimum Gasteiger partial charge on any atom is -0.454 e. The fourth-order valence-corrected chi connectivity index (χ4v) is 5.90. The summed E-state index contributed by atoms with van der Waals surface area (Å²) in [5.41, 5.74) is 1.86. The number of H-pyrrole nitrogens is 1. The van der Waals surface area contributed by atoms with Crippen LogP contribution in [0.1, 0.15) is 32.4 Å². The van der Waals surface area contributed by atoms with E-state index in [-0.39, 0.29) is 31.0 Å². The lowest BCUT2D eigenvalue weighted by atomic mass is 10.1. The molecule has 3 heterocycles. The standard InChI is InChI=1S/C23H23FN3O6P/c1-4-32-34(29,33-5-2)19-9-6-14(10-16(19)24)13(3)27-21-15-7-8-18-22(31-12-30-18)20(15)25-11-17(21)26-23(27)28/h6-11,13H,4-5,12H2,1-3H3,(H,26,28). The van der Waals surface area contributed by atoms with Crippen LogP contribution in [-0.4, -0.2) is 34.5 Å². The molecule has 34 heavy (non-hydrogen) atoms. The number of hydrogen-bond donors (Lipinski definition) is 1. The second-order valence-electron chi connectivity index (χ2n) is 7.74. The van der Waals surface area contributed by atoms with Gasteiger partial charge in [-0.25, -0.2) is 14.2 Å². The van der Waals surface area contributed by atoms with Gasteiger partial charge < -0.3 is 23.5 Å². The summed E-state index contributed by atoms with van der Waals surface area (Å²) < 4.78 is 51.3. The number of halogens is 1. The Morgan fingerprint density at radius 3 is 2.68 bits per heavy atom. The monoisotopic (exact) mass is 487 g/mol.